The third kappa shape index (κ3) is 4.22. The molecule has 0 aliphatic rings. The Hall–Kier alpha value is -1.69. The summed E-state index contributed by atoms with van der Waals surface area (Å²) in [5, 5.41) is 1.99. The number of benzene rings is 1. The summed E-state index contributed by atoms with van der Waals surface area (Å²) in [5.74, 6) is 0.495. The molecule has 0 unspecified atom stereocenters. The highest BCUT2D eigenvalue weighted by atomic mass is 32.2. The summed E-state index contributed by atoms with van der Waals surface area (Å²) in [7, 11) is 1.59. The molecule has 0 radical (unpaired) electrons. The van der Waals surface area contributed by atoms with E-state index >= 15 is 0 Å². The van der Waals surface area contributed by atoms with Crippen molar-refractivity contribution in [3.05, 3.63) is 24.3 Å². The van der Waals surface area contributed by atoms with Gasteiger partial charge in [0, 0.05) is 4.90 Å². The van der Waals surface area contributed by atoms with E-state index in [0.717, 1.165) is 10.6 Å². The molecule has 0 atom stereocenters. The predicted octanol–water partition coefficient (Wildman–Crippen LogP) is 0.982. The molecular formula is C10H12N2O3S. The van der Waals surface area contributed by atoms with Gasteiger partial charge in [0.25, 0.3) is 0 Å². The van der Waals surface area contributed by atoms with Crippen LogP contribution in [0.15, 0.2) is 29.2 Å². The zero-order valence-electron chi connectivity index (χ0n) is 8.73. The summed E-state index contributed by atoms with van der Waals surface area (Å²) in [6.45, 7) is 0. The second kappa shape index (κ2) is 6.02. The van der Waals surface area contributed by atoms with Crippen molar-refractivity contribution in [3.8, 4) is 5.75 Å². The average Bonchev–Trinajstić information content (AvgIpc) is 2.26. The number of hydrogen-bond acceptors (Lipinski definition) is 4. The first-order valence-electron chi connectivity index (χ1n) is 4.48. The maximum atomic E-state index is 11.1. The Balaban J connectivity index is 2.42. The van der Waals surface area contributed by atoms with Gasteiger partial charge in [0.2, 0.25) is 5.91 Å². The van der Waals surface area contributed by atoms with Crippen molar-refractivity contribution in [2.75, 3.05) is 12.9 Å². The number of ether oxygens (including phenoxy) is 1. The highest BCUT2D eigenvalue weighted by molar-refractivity contribution is 8.00. The number of rotatable bonds is 4. The lowest BCUT2D eigenvalue weighted by Gasteiger charge is -2.03. The van der Waals surface area contributed by atoms with Gasteiger partial charge in [-0.15, -0.1) is 11.8 Å². The Morgan fingerprint density at radius 3 is 2.50 bits per heavy atom. The molecule has 1 aromatic carbocycles. The molecule has 86 valence electrons. The molecule has 0 saturated heterocycles. The number of primary amides is 1. The Labute approximate surface area is 97.3 Å². The molecule has 0 heterocycles. The maximum absolute atomic E-state index is 11.1. The van der Waals surface area contributed by atoms with Crippen LogP contribution in [0.1, 0.15) is 0 Å². The van der Waals surface area contributed by atoms with Gasteiger partial charge in [-0.3, -0.25) is 10.1 Å². The van der Waals surface area contributed by atoms with Crippen molar-refractivity contribution in [1.82, 2.24) is 5.32 Å². The number of urea groups is 1. The molecule has 0 fully saturated rings. The van der Waals surface area contributed by atoms with Crippen molar-refractivity contribution >= 4 is 23.7 Å². The molecule has 0 spiro atoms. The van der Waals surface area contributed by atoms with E-state index in [-0.39, 0.29) is 5.75 Å². The van der Waals surface area contributed by atoms with Gasteiger partial charge in [0.05, 0.1) is 12.9 Å². The molecule has 0 aliphatic heterocycles. The summed E-state index contributed by atoms with van der Waals surface area (Å²) >= 11 is 1.31. The number of nitrogens with two attached hydrogens (primary N) is 1. The molecule has 5 nitrogen and oxygen atoms in total. The fourth-order valence-corrected chi connectivity index (χ4v) is 1.69. The molecule has 3 N–H and O–H groups in total. The van der Waals surface area contributed by atoms with E-state index in [2.05, 4.69) is 0 Å². The third-order valence-corrected chi connectivity index (χ3v) is 2.70. The van der Waals surface area contributed by atoms with E-state index in [1.54, 1.807) is 19.2 Å². The number of nitrogens with one attached hydrogen (secondary N) is 1. The maximum Gasteiger partial charge on any atom is 0.318 e. The van der Waals surface area contributed by atoms with Crippen LogP contribution in [0.25, 0.3) is 0 Å². The fraction of sp³-hybridized carbons (Fsp3) is 0.200. The molecule has 3 amide bonds. The first-order chi connectivity index (χ1) is 7.61. The van der Waals surface area contributed by atoms with Crippen LogP contribution in [0.2, 0.25) is 0 Å². The number of hydrogen-bond donors (Lipinski definition) is 2. The molecular weight excluding hydrogens is 228 g/mol. The standard InChI is InChI=1S/C10H12N2O3S/c1-15-7-2-4-8(5-3-7)16-6-9(13)12-10(11)14/h2-5H,6H2,1H3,(H3,11,12,13,14). The van der Waals surface area contributed by atoms with Crippen LogP contribution < -0.4 is 15.8 Å². The minimum Gasteiger partial charge on any atom is -0.497 e. The van der Waals surface area contributed by atoms with Crippen LogP contribution >= 0.6 is 11.8 Å². The van der Waals surface area contributed by atoms with Crippen LogP contribution in [0.4, 0.5) is 4.79 Å². The minimum atomic E-state index is -0.833. The summed E-state index contributed by atoms with van der Waals surface area (Å²) < 4.78 is 5.00. The topological polar surface area (TPSA) is 81.4 Å². The van der Waals surface area contributed by atoms with Crippen LogP contribution in [-0.2, 0) is 4.79 Å². The van der Waals surface area contributed by atoms with Crippen LogP contribution in [-0.4, -0.2) is 24.8 Å². The van der Waals surface area contributed by atoms with E-state index in [1.807, 2.05) is 17.4 Å². The van der Waals surface area contributed by atoms with Gasteiger partial charge in [-0.1, -0.05) is 0 Å². The highest BCUT2D eigenvalue weighted by Gasteiger charge is 2.04. The van der Waals surface area contributed by atoms with E-state index in [1.165, 1.54) is 11.8 Å². The molecule has 0 saturated carbocycles. The van der Waals surface area contributed by atoms with E-state index in [9.17, 15) is 9.59 Å². The van der Waals surface area contributed by atoms with Crippen molar-refractivity contribution in [3.63, 3.8) is 0 Å². The van der Waals surface area contributed by atoms with E-state index in [0.29, 0.717) is 0 Å². The second-order valence-corrected chi connectivity index (χ2v) is 3.93. The zero-order valence-corrected chi connectivity index (χ0v) is 9.54. The lowest BCUT2D eigenvalue weighted by atomic mass is 10.3. The van der Waals surface area contributed by atoms with Gasteiger partial charge in [-0.05, 0) is 24.3 Å². The van der Waals surface area contributed by atoms with E-state index < -0.39 is 11.9 Å². The number of carbonyl (C=O) groups is 2. The van der Waals surface area contributed by atoms with Gasteiger partial charge < -0.3 is 10.5 Å². The van der Waals surface area contributed by atoms with Gasteiger partial charge >= 0.3 is 6.03 Å². The molecule has 0 bridgehead atoms. The SMILES string of the molecule is COc1ccc(SCC(=O)NC(N)=O)cc1. The third-order valence-electron chi connectivity index (χ3n) is 1.69. The van der Waals surface area contributed by atoms with Gasteiger partial charge in [0.15, 0.2) is 0 Å². The average molecular weight is 240 g/mol. The lowest BCUT2D eigenvalue weighted by Crippen LogP contribution is -2.36. The number of carbonyl (C=O) groups excluding carboxylic acids is 2. The predicted molar refractivity (Wildman–Crippen MR) is 61.4 cm³/mol. The highest BCUT2D eigenvalue weighted by Crippen LogP contribution is 2.20. The quantitative estimate of drug-likeness (QED) is 0.769. The van der Waals surface area contributed by atoms with E-state index in [4.69, 9.17) is 10.5 Å². The van der Waals surface area contributed by atoms with Crippen molar-refractivity contribution in [2.24, 2.45) is 5.73 Å². The minimum absolute atomic E-state index is 0.148. The lowest BCUT2D eigenvalue weighted by molar-refractivity contribution is -0.117. The Morgan fingerprint density at radius 2 is 2.00 bits per heavy atom. The number of thioether (sulfide) groups is 1. The summed E-state index contributed by atoms with van der Waals surface area (Å²) in [6, 6.07) is 6.44. The zero-order chi connectivity index (χ0) is 12.0. The molecule has 0 aliphatic carbocycles. The molecule has 1 aromatic rings. The number of imide groups is 1. The summed E-state index contributed by atoms with van der Waals surface area (Å²) in [4.78, 5) is 22.4. The monoisotopic (exact) mass is 240 g/mol. The second-order valence-electron chi connectivity index (χ2n) is 2.88. The summed E-state index contributed by atoms with van der Waals surface area (Å²) in [6.07, 6.45) is 0. The largest absolute Gasteiger partial charge is 0.497 e. The molecule has 16 heavy (non-hydrogen) atoms. The van der Waals surface area contributed by atoms with Crippen LogP contribution in [0, 0.1) is 0 Å². The Bertz CT molecular complexity index is 378. The van der Waals surface area contributed by atoms with Gasteiger partial charge in [0.1, 0.15) is 5.75 Å². The fourth-order valence-electron chi connectivity index (χ4n) is 0.994. The van der Waals surface area contributed by atoms with Crippen molar-refractivity contribution < 1.29 is 14.3 Å². The Morgan fingerprint density at radius 1 is 1.38 bits per heavy atom. The van der Waals surface area contributed by atoms with Crippen LogP contribution in [0.5, 0.6) is 5.75 Å². The smallest absolute Gasteiger partial charge is 0.318 e. The first kappa shape index (κ1) is 12.4. The first-order valence-corrected chi connectivity index (χ1v) is 5.46. The van der Waals surface area contributed by atoms with Crippen molar-refractivity contribution in [1.29, 1.82) is 0 Å². The number of methoxy groups -OCH3 is 1. The molecule has 0 aromatic heterocycles. The molecule has 1 rings (SSSR count). The number of amides is 3. The normalized spacial score (nSPS) is 9.56. The molecule has 6 heteroatoms. The van der Waals surface area contributed by atoms with Crippen LogP contribution in [0.3, 0.4) is 0 Å². The van der Waals surface area contributed by atoms with Gasteiger partial charge in [-0.2, -0.15) is 0 Å². The Kier molecular flexibility index (Phi) is 4.65. The van der Waals surface area contributed by atoms with Crippen molar-refractivity contribution in [2.45, 2.75) is 4.90 Å². The summed E-state index contributed by atoms with van der Waals surface area (Å²) in [5.41, 5.74) is 4.80. The van der Waals surface area contributed by atoms with Gasteiger partial charge in [-0.25, -0.2) is 4.79 Å².